The molecule has 1 nitrogen and oxygen atoms in total. The van der Waals surface area contributed by atoms with Crippen LogP contribution in [-0.2, 0) is 6.42 Å². The molecule has 14 heavy (non-hydrogen) atoms. The molecule has 72 valence electrons. The lowest BCUT2D eigenvalue weighted by Crippen LogP contribution is -2.15. The van der Waals surface area contributed by atoms with Gasteiger partial charge in [0.2, 0.25) is 0 Å². The maximum absolute atomic E-state index is 11.8. The van der Waals surface area contributed by atoms with Crippen LogP contribution in [0.15, 0.2) is 12.1 Å². The third-order valence-electron chi connectivity index (χ3n) is 3.71. The van der Waals surface area contributed by atoms with E-state index >= 15 is 0 Å². The van der Waals surface area contributed by atoms with Gasteiger partial charge in [-0.05, 0) is 48.8 Å². The number of aryl methyl sites for hydroxylation is 2. The first-order valence-electron chi connectivity index (χ1n) is 5.43. The smallest absolute Gasteiger partial charge is 0.163 e. The first-order valence-corrected chi connectivity index (χ1v) is 5.43. The molecule has 3 rings (SSSR count). The van der Waals surface area contributed by atoms with Gasteiger partial charge in [0.15, 0.2) is 5.78 Å². The fourth-order valence-corrected chi connectivity index (χ4v) is 3.02. The van der Waals surface area contributed by atoms with Crippen molar-refractivity contribution < 1.29 is 4.79 Å². The Hall–Kier alpha value is -1.11. The summed E-state index contributed by atoms with van der Waals surface area (Å²) in [5, 5.41) is 0. The molecule has 1 aromatic rings. The fraction of sp³-hybridized carbons (Fsp3) is 0.462. The summed E-state index contributed by atoms with van der Waals surface area (Å²) in [5.74, 6) is 1.06. The van der Waals surface area contributed by atoms with E-state index < -0.39 is 0 Å². The van der Waals surface area contributed by atoms with Gasteiger partial charge < -0.3 is 0 Å². The van der Waals surface area contributed by atoms with Crippen LogP contribution >= 0.6 is 0 Å². The summed E-state index contributed by atoms with van der Waals surface area (Å²) in [6.07, 6.45) is 4.30. The molecular weight excluding hydrogens is 172 g/mol. The summed E-state index contributed by atoms with van der Waals surface area (Å²) < 4.78 is 0. The Bertz CT molecular complexity index is 417. The highest BCUT2D eigenvalue weighted by molar-refractivity contribution is 6.00. The minimum absolute atomic E-state index is 0.373. The number of ketones is 1. The molecule has 2 aliphatic rings. The van der Waals surface area contributed by atoms with Gasteiger partial charge in [0.25, 0.3) is 0 Å². The van der Waals surface area contributed by atoms with Gasteiger partial charge in [-0.2, -0.15) is 0 Å². The highest BCUT2D eigenvalue weighted by Gasteiger charge is 2.32. The first-order chi connectivity index (χ1) is 6.77. The van der Waals surface area contributed by atoms with E-state index in [1.807, 2.05) is 0 Å². The van der Waals surface area contributed by atoms with Crippen molar-refractivity contribution in [3.05, 3.63) is 34.4 Å². The van der Waals surface area contributed by atoms with Crippen molar-refractivity contribution in [2.75, 3.05) is 0 Å². The summed E-state index contributed by atoms with van der Waals surface area (Å²) in [4.78, 5) is 11.8. The van der Waals surface area contributed by atoms with Gasteiger partial charge in [0, 0.05) is 12.0 Å². The molecule has 0 bridgehead atoms. The van der Waals surface area contributed by atoms with Crippen LogP contribution in [0.2, 0.25) is 0 Å². The van der Waals surface area contributed by atoms with Crippen molar-refractivity contribution in [2.24, 2.45) is 0 Å². The topological polar surface area (TPSA) is 17.1 Å². The number of rotatable bonds is 0. The number of benzene rings is 1. The molecule has 0 spiro atoms. The summed E-state index contributed by atoms with van der Waals surface area (Å²) >= 11 is 0. The Morgan fingerprint density at radius 1 is 1.21 bits per heavy atom. The minimum atomic E-state index is 0.373. The van der Waals surface area contributed by atoms with Gasteiger partial charge >= 0.3 is 0 Å². The average Bonchev–Trinajstić information content (AvgIpc) is 2.58. The van der Waals surface area contributed by atoms with Gasteiger partial charge in [-0.3, -0.25) is 4.79 Å². The number of hydrogen-bond acceptors (Lipinski definition) is 1. The van der Waals surface area contributed by atoms with Crippen LogP contribution in [0.25, 0.3) is 0 Å². The van der Waals surface area contributed by atoms with Crippen molar-refractivity contribution in [1.82, 2.24) is 0 Å². The molecular formula is C13H14O. The standard InChI is InChI=1S/C13H14O/c1-8-2-3-9-4-5-10-6-7-11(14)12(8)13(9)10/h2-3,10H,4-7H2,1H3. The van der Waals surface area contributed by atoms with Gasteiger partial charge in [-0.15, -0.1) is 0 Å². The largest absolute Gasteiger partial charge is 0.294 e. The number of Topliss-reactive ketones (excluding diaryl/α,β-unsaturated/α-hetero) is 1. The predicted octanol–water partition coefficient (Wildman–Crippen LogP) is 3.00. The van der Waals surface area contributed by atoms with Crippen LogP contribution in [-0.4, -0.2) is 5.78 Å². The lowest BCUT2D eigenvalue weighted by Gasteiger charge is -2.22. The maximum atomic E-state index is 11.8. The first kappa shape index (κ1) is 8.22. The second-order valence-corrected chi connectivity index (χ2v) is 4.53. The summed E-state index contributed by atoms with van der Waals surface area (Å²) in [5.41, 5.74) is 5.08. The van der Waals surface area contributed by atoms with E-state index in [-0.39, 0.29) is 0 Å². The lowest BCUT2D eigenvalue weighted by molar-refractivity contribution is 0.0967. The molecule has 0 aromatic heterocycles. The van der Waals surface area contributed by atoms with Gasteiger partial charge in [0.05, 0.1) is 0 Å². The van der Waals surface area contributed by atoms with Crippen molar-refractivity contribution in [3.8, 4) is 0 Å². The SMILES string of the molecule is Cc1ccc2c3c1C(=O)CCC3CC2. The van der Waals surface area contributed by atoms with E-state index in [1.165, 1.54) is 29.5 Å². The Morgan fingerprint density at radius 3 is 2.86 bits per heavy atom. The second kappa shape index (κ2) is 2.69. The Balaban J connectivity index is 2.32. The van der Waals surface area contributed by atoms with Crippen LogP contribution in [0.1, 0.15) is 52.2 Å². The summed E-state index contributed by atoms with van der Waals surface area (Å²) in [7, 11) is 0. The average molecular weight is 186 g/mol. The van der Waals surface area contributed by atoms with E-state index in [2.05, 4.69) is 19.1 Å². The van der Waals surface area contributed by atoms with Crippen molar-refractivity contribution in [1.29, 1.82) is 0 Å². The Morgan fingerprint density at radius 2 is 2.00 bits per heavy atom. The van der Waals surface area contributed by atoms with E-state index in [9.17, 15) is 4.79 Å². The van der Waals surface area contributed by atoms with Crippen LogP contribution in [0, 0.1) is 6.92 Å². The monoisotopic (exact) mass is 186 g/mol. The Labute approximate surface area is 84.1 Å². The molecule has 0 amide bonds. The number of hydrogen-bond donors (Lipinski definition) is 0. The van der Waals surface area contributed by atoms with Crippen LogP contribution in [0.4, 0.5) is 0 Å². The van der Waals surface area contributed by atoms with E-state index in [1.54, 1.807) is 0 Å². The zero-order valence-corrected chi connectivity index (χ0v) is 8.47. The molecule has 0 N–H and O–H groups in total. The van der Waals surface area contributed by atoms with E-state index in [0.717, 1.165) is 18.4 Å². The summed E-state index contributed by atoms with van der Waals surface area (Å²) in [6, 6.07) is 4.33. The lowest BCUT2D eigenvalue weighted by atomic mass is 9.81. The van der Waals surface area contributed by atoms with Crippen molar-refractivity contribution in [2.45, 2.75) is 38.5 Å². The van der Waals surface area contributed by atoms with E-state index in [0.29, 0.717) is 11.7 Å². The van der Waals surface area contributed by atoms with E-state index in [4.69, 9.17) is 0 Å². The molecule has 0 aliphatic heterocycles. The normalized spacial score (nSPS) is 23.8. The Kier molecular flexibility index (Phi) is 1.58. The van der Waals surface area contributed by atoms with Gasteiger partial charge in [-0.25, -0.2) is 0 Å². The molecule has 1 aromatic carbocycles. The van der Waals surface area contributed by atoms with Crippen LogP contribution in [0.3, 0.4) is 0 Å². The molecule has 0 fully saturated rings. The summed E-state index contributed by atoms with van der Waals surface area (Å²) in [6.45, 7) is 2.06. The minimum Gasteiger partial charge on any atom is -0.294 e. The highest BCUT2D eigenvalue weighted by atomic mass is 16.1. The van der Waals surface area contributed by atoms with Crippen LogP contribution in [0.5, 0.6) is 0 Å². The third-order valence-corrected chi connectivity index (χ3v) is 3.71. The zero-order chi connectivity index (χ0) is 9.71. The van der Waals surface area contributed by atoms with Gasteiger partial charge in [-0.1, -0.05) is 12.1 Å². The number of carbonyl (C=O) groups excluding carboxylic acids is 1. The molecule has 1 unspecified atom stereocenters. The molecule has 0 radical (unpaired) electrons. The van der Waals surface area contributed by atoms with Gasteiger partial charge in [0.1, 0.15) is 0 Å². The molecule has 0 heterocycles. The maximum Gasteiger partial charge on any atom is 0.163 e. The quantitative estimate of drug-likeness (QED) is 0.608. The van der Waals surface area contributed by atoms with Crippen LogP contribution < -0.4 is 0 Å². The second-order valence-electron chi connectivity index (χ2n) is 4.53. The molecule has 0 saturated carbocycles. The third kappa shape index (κ3) is 0.927. The molecule has 0 saturated heterocycles. The molecule has 1 atom stereocenters. The predicted molar refractivity (Wildman–Crippen MR) is 55.8 cm³/mol. The fourth-order valence-electron chi connectivity index (χ4n) is 3.02. The van der Waals surface area contributed by atoms with Crippen molar-refractivity contribution >= 4 is 5.78 Å². The molecule has 1 heteroatoms. The zero-order valence-electron chi connectivity index (χ0n) is 8.47. The number of carbonyl (C=O) groups is 1. The van der Waals surface area contributed by atoms with Crippen molar-refractivity contribution in [3.63, 3.8) is 0 Å². The highest BCUT2D eigenvalue weighted by Crippen LogP contribution is 2.43. The molecule has 2 aliphatic carbocycles.